The Hall–Kier alpha value is -2.51. The van der Waals surface area contributed by atoms with E-state index in [2.05, 4.69) is 27.1 Å². The van der Waals surface area contributed by atoms with Gasteiger partial charge in [0, 0.05) is 25.3 Å². The number of carbonyl (C=O) groups excluding carboxylic acids is 1. The van der Waals surface area contributed by atoms with Crippen molar-refractivity contribution in [2.75, 3.05) is 31.6 Å². The van der Waals surface area contributed by atoms with Crippen molar-refractivity contribution in [3.63, 3.8) is 0 Å². The molecule has 4 rings (SSSR count). The zero-order valence-electron chi connectivity index (χ0n) is 17.2. The van der Waals surface area contributed by atoms with Gasteiger partial charge in [0.1, 0.15) is 17.0 Å². The third-order valence-corrected chi connectivity index (χ3v) is 6.98. The molecule has 1 aliphatic rings. The molecule has 0 saturated carbocycles. The molecule has 0 aliphatic carbocycles. The van der Waals surface area contributed by atoms with Gasteiger partial charge in [0.05, 0.1) is 10.3 Å². The number of likely N-dealkylation sites (tertiary alicyclic amines) is 1. The van der Waals surface area contributed by atoms with Gasteiger partial charge in [0.2, 0.25) is 0 Å². The average Bonchev–Trinajstić information content (AvgIpc) is 3.36. The number of anilines is 2. The van der Waals surface area contributed by atoms with Gasteiger partial charge in [-0.3, -0.25) is 9.69 Å². The minimum absolute atomic E-state index is 0.0123. The number of aryl methyl sites for hydroxylation is 1. The van der Waals surface area contributed by atoms with E-state index < -0.39 is 0 Å². The van der Waals surface area contributed by atoms with E-state index in [0.717, 1.165) is 51.7 Å². The molecule has 7 heteroatoms. The number of hydrogen-bond acceptors (Lipinski definition) is 6. The zero-order chi connectivity index (χ0) is 20.4. The molecule has 1 aliphatic heterocycles. The molecule has 3 aromatic rings. The van der Waals surface area contributed by atoms with E-state index in [0.29, 0.717) is 12.6 Å². The minimum atomic E-state index is -0.0123. The summed E-state index contributed by atoms with van der Waals surface area (Å²) in [6.45, 7) is 7.03. The number of nitrogens with one attached hydrogen (secondary N) is 1. The fourth-order valence-electron chi connectivity index (χ4n) is 4.13. The Balaban J connectivity index is 1.60. The first-order valence-electron chi connectivity index (χ1n) is 10.1. The normalized spacial score (nSPS) is 17.0. The van der Waals surface area contributed by atoms with Crippen molar-refractivity contribution in [2.24, 2.45) is 0 Å². The van der Waals surface area contributed by atoms with Crippen LogP contribution in [0, 0.1) is 6.92 Å². The fraction of sp³-hybridized carbons (Fsp3) is 0.409. The van der Waals surface area contributed by atoms with Crippen LogP contribution in [0.2, 0.25) is 0 Å². The van der Waals surface area contributed by atoms with E-state index in [1.54, 1.807) is 6.33 Å². The predicted octanol–water partition coefficient (Wildman–Crippen LogP) is 3.98. The van der Waals surface area contributed by atoms with Gasteiger partial charge in [-0.25, -0.2) is 9.97 Å². The lowest BCUT2D eigenvalue weighted by Gasteiger charge is -2.22. The van der Waals surface area contributed by atoms with Crippen LogP contribution < -0.4 is 10.2 Å². The van der Waals surface area contributed by atoms with Crippen molar-refractivity contribution in [3.8, 4) is 0 Å². The molecule has 1 amide bonds. The van der Waals surface area contributed by atoms with Gasteiger partial charge in [0.15, 0.2) is 0 Å². The minimum Gasteiger partial charge on any atom is -0.350 e. The number of nitrogens with zero attached hydrogens (tertiary/aromatic N) is 4. The first-order chi connectivity index (χ1) is 14.1. The van der Waals surface area contributed by atoms with Crippen molar-refractivity contribution in [3.05, 3.63) is 47.1 Å². The smallest absolute Gasteiger partial charge is 0.261 e. The lowest BCUT2D eigenvalue weighted by atomic mass is 10.1. The zero-order valence-corrected chi connectivity index (χ0v) is 18.0. The van der Waals surface area contributed by atoms with Crippen LogP contribution in [0.3, 0.4) is 0 Å². The summed E-state index contributed by atoms with van der Waals surface area (Å²) in [5, 5.41) is 4.10. The summed E-state index contributed by atoms with van der Waals surface area (Å²) in [6.07, 6.45) is 3.93. The summed E-state index contributed by atoms with van der Waals surface area (Å²) in [5.74, 6) is 0.809. The number of para-hydroxylation sites is 1. The maximum atomic E-state index is 13.0. The maximum Gasteiger partial charge on any atom is 0.261 e. The molecule has 152 valence electrons. The van der Waals surface area contributed by atoms with E-state index in [9.17, 15) is 4.79 Å². The lowest BCUT2D eigenvalue weighted by molar-refractivity contribution is 0.0945. The molecule has 0 spiro atoms. The first kappa shape index (κ1) is 19.8. The number of thiophene rings is 1. The van der Waals surface area contributed by atoms with Gasteiger partial charge in [-0.05, 0) is 50.6 Å². The van der Waals surface area contributed by atoms with E-state index in [4.69, 9.17) is 0 Å². The molecule has 1 N–H and O–H groups in total. The summed E-state index contributed by atoms with van der Waals surface area (Å²) in [5.41, 5.74) is 1.99. The third-order valence-electron chi connectivity index (χ3n) is 5.78. The van der Waals surface area contributed by atoms with Gasteiger partial charge in [-0.15, -0.1) is 11.3 Å². The Morgan fingerprint density at radius 2 is 2.10 bits per heavy atom. The third kappa shape index (κ3) is 3.84. The van der Waals surface area contributed by atoms with Crippen molar-refractivity contribution < 1.29 is 4.79 Å². The number of hydrogen-bond donors (Lipinski definition) is 1. The lowest BCUT2D eigenvalue weighted by Crippen LogP contribution is -2.39. The van der Waals surface area contributed by atoms with Gasteiger partial charge >= 0.3 is 0 Å². The molecular weight excluding hydrogens is 382 g/mol. The van der Waals surface area contributed by atoms with E-state index in [1.165, 1.54) is 17.8 Å². The van der Waals surface area contributed by atoms with Crippen molar-refractivity contribution in [1.29, 1.82) is 0 Å². The summed E-state index contributed by atoms with van der Waals surface area (Å²) in [6, 6.07) is 10.5. The second-order valence-electron chi connectivity index (χ2n) is 7.46. The van der Waals surface area contributed by atoms with E-state index in [1.807, 2.05) is 49.2 Å². The Labute approximate surface area is 175 Å². The number of likely N-dealkylation sites (N-methyl/N-ethyl adjacent to an activating group) is 1. The number of carbonyl (C=O) groups is 1. The number of benzene rings is 1. The molecule has 2 aromatic heterocycles. The monoisotopic (exact) mass is 409 g/mol. The second kappa shape index (κ2) is 8.47. The first-order valence-corrected chi connectivity index (χ1v) is 11.0. The molecule has 6 nitrogen and oxygen atoms in total. The molecule has 3 heterocycles. The largest absolute Gasteiger partial charge is 0.350 e. The van der Waals surface area contributed by atoms with Gasteiger partial charge in [0.25, 0.3) is 5.91 Å². The SMILES string of the molecule is CCN1CCCC1CNC(=O)c1sc2ncnc(N(C)c3ccccc3)c2c1C. The van der Waals surface area contributed by atoms with Crippen molar-refractivity contribution in [1.82, 2.24) is 20.2 Å². The predicted molar refractivity (Wildman–Crippen MR) is 119 cm³/mol. The summed E-state index contributed by atoms with van der Waals surface area (Å²) >= 11 is 1.44. The summed E-state index contributed by atoms with van der Waals surface area (Å²) in [7, 11) is 1.99. The van der Waals surface area contributed by atoms with Crippen LogP contribution in [0.1, 0.15) is 35.0 Å². The van der Waals surface area contributed by atoms with Crippen LogP contribution in [0.15, 0.2) is 36.7 Å². The van der Waals surface area contributed by atoms with E-state index in [-0.39, 0.29) is 5.91 Å². The number of rotatable bonds is 6. The van der Waals surface area contributed by atoms with Crippen molar-refractivity contribution in [2.45, 2.75) is 32.7 Å². The van der Waals surface area contributed by atoms with Gasteiger partial charge in [-0.1, -0.05) is 25.1 Å². The van der Waals surface area contributed by atoms with Crippen LogP contribution >= 0.6 is 11.3 Å². The quantitative estimate of drug-likeness (QED) is 0.667. The van der Waals surface area contributed by atoms with Gasteiger partial charge in [-0.2, -0.15) is 0 Å². The average molecular weight is 410 g/mol. The van der Waals surface area contributed by atoms with Crippen LogP contribution in [0.25, 0.3) is 10.2 Å². The topological polar surface area (TPSA) is 61.4 Å². The maximum absolute atomic E-state index is 13.0. The number of amides is 1. The molecule has 1 unspecified atom stereocenters. The Morgan fingerprint density at radius 3 is 2.86 bits per heavy atom. The Morgan fingerprint density at radius 1 is 1.31 bits per heavy atom. The van der Waals surface area contributed by atoms with Gasteiger partial charge < -0.3 is 10.2 Å². The van der Waals surface area contributed by atoms with Crippen LogP contribution in [0.5, 0.6) is 0 Å². The number of aromatic nitrogens is 2. The standard InChI is InChI=1S/C22H27N5OS/c1-4-27-12-8-11-17(27)13-23-21(28)19-15(2)18-20(24-14-25-22(18)29-19)26(3)16-9-6-5-7-10-16/h5-7,9-10,14,17H,4,8,11-13H2,1-3H3,(H,23,28). The summed E-state index contributed by atoms with van der Waals surface area (Å²) in [4.78, 5) is 28.0. The Kier molecular flexibility index (Phi) is 5.78. The molecule has 0 bridgehead atoms. The highest BCUT2D eigenvalue weighted by Gasteiger charge is 2.25. The molecule has 1 aromatic carbocycles. The van der Waals surface area contributed by atoms with E-state index >= 15 is 0 Å². The highest BCUT2D eigenvalue weighted by Crippen LogP contribution is 2.36. The molecule has 1 fully saturated rings. The van der Waals surface area contributed by atoms with Crippen LogP contribution in [-0.4, -0.2) is 53.5 Å². The Bertz CT molecular complexity index is 1000. The highest BCUT2D eigenvalue weighted by atomic mass is 32.1. The molecule has 29 heavy (non-hydrogen) atoms. The van der Waals surface area contributed by atoms with Crippen LogP contribution in [-0.2, 0) is 0 Å². The molecule has 1 atom stereocenters. The molecule has 0 radical (unpaired) electrons. The summed E-state index contributed by atoms with van der Waals surface area (Å²) < 4.78 is 0. The fourth-order valence-corrected chi connectivity index (χ4v) is 5.19. The number of fused-ring (bicyclic) bond motifs is 1. The second-order valence-corrected chi connectivity index (χ2v) is 8.46. The van der Waals surface area contributed by atoms with Crippen molar-refractivity contribution >= 4 is 39.0 Å². The van der Waals surface area contributed by atoms with Crippen LogP contribution in [0.4, 0.5) is 11.5 Å². The molecular formula is C22H27N5OS. The highest BCUT2D eigenvalue weighted by molar-refractivity contribution is 7.20. The molecule has 1 saturated heterocycles.